The molecule has 2 heterocycles. The van der Waals surface area contributed by atoms with Crippen LogP contribution >= 0.6 is 23.1 Å². The number of anilines is 1. The topological polar surface area (TPSA) is 59.8 Å². The van der Waals surface area contributed by atoms with Crippen molar-refractivity contribution in [2.45, 2.75) is 64.6 Å². The molecule has 4 rings (SSSR count). The van der Waals surface area contributed by atoms with Crippen LogP contribution in [0.25, 0.3) is 11.4 Å². The molecule has 30 heavy (non-hydrogen) atoms. The molecule has 1 amide bonds. The van der Waals surface area contributed by atoms with E-state index in [1.807, 2.05) is 37.3 Å². The monoisotopic (exact) mass is 440 g/mol. The van der Waals surface area contributed by atoms with Crippen LogP contribution in [-0.2, 0) is 17.6 Å². The highest BCUT2D eigenvalue weighted by molar-refractivity contribution is 7.99. The summed E-state index contributed by atoms with van der Waals surface area (Å²) in [5.41, 5.74) is 5.79. The fourth-order valence-electron chi connectivity index (χ4n) is 4.08. The Morgan fingerprint density at radius 1 is 1.17 bits per heavy atom. The quantitative estimate of drug-likeness (QED) is 0.491. The third-order valence-electron chi connectivity index (χ3n) is 5.32. The number of thioether (sulfide) groups is 1. The van der Waals surface area contributed by atoms with Gasteiger partial charge in [-0.3, -0.25) is 9.36 Å². The molecule has 0 saturated carbocycles. The first kappa shape index (κ1) is 21.1. The van der Waals surface area contributed by atoms with Gasteiger partial charge in [-0.2, -0.15) is 0 Å². The average Bonchev–Trinajstić information content (AvgIpc) is 3.29. The van der Waals surface area contributed by atoms with Gasteiger partial charge in [0, 0.05) is 27.5 Å². The number of carbonyl (C=O) groups excluding carboxylic acids is 1. The van der Waals surface area contributed by atoms with Gasteiger partial charge in [-0.15, -0.1) is 21.5 Å². The lowest BCUT2D eigenvalue weighted by atomic mass is 9.95. The third-order valence-corrected chi connectivity index (χ3v) is 7.35. The van der Waals surface area contributed by atoms with Gasteiger partial charge in [-0.25, -0.2) is 0 Å². The first-order chi connectivity index (χ1) is 14.4. The number of carbonyl (C=O) groups is 1. The van der Waals surface area contributed by atoms with E-state index in [1.165, 1.54) is 47.0 Å². The number of amides is 1. The Hall–Kier alpha value is -2.12. The van der Waals surface area contributed by atoms with E-state index in [4.69, 9.17) is 0 Å². The Morgan fingerprint density at radius 3 is 2.63 bits per heavy atom. The number of aryl methyl sites for hydroxylation is 3. The number of nitrogens with zero attached hydrogens (tertiary/aromatic N) is 3. The lowest BCUT2D eigenvalue weighted by molar-refractivity contribution is -0.113. The summed E-state index contributed by atoms with van der Waals surface area (Å²) in [6.45, 7) is 8.36. The average molecular weight is 441 g/mol. The number of hydrogen-bond acceptors (Lipinski definition) is 5. The van der Waals surface area contributed by atoms with E-state index in [0.717, 1.165) is 34.2 Å². The minimum absolute atomic E-state index is 0.0298. The van der Waals surface area contributed by atoms with Crippen LogP contribution in [0.2, 0.25) is 0 Å². The summed E-state index contributed by atoms with van der Waals surface area (Å²) in [6.07, 6.45) is 4.82. The summed E-state index contributed by atoms with van der Waals surface area (Å²) in [4.78, 5) is 14.0. The van der Waals surface area contributed by atoms with Gasteiger partial charge >= 0.3 is 0 Å². The summed E-state index contributed by atoms with van der Waals surface area (Å²) in [5.74, 6) is 1.21. The van der Waals surface area contributed by atoms with E-state index < -0.39 is 0 Å². The standard InChI is InChI=1S/C23H28N4OS2/c1-14(2)27-22(19-12-29-20-8-6-5-7-18(19)20)25-26-23(27)30-13-21(28)24-17-10-15(3)9-16(4)11-17/h9-12,14H,5-8,13H2,1-4H3,(H,24,28). The lowest BCUT2D eigenvalue weighted by Crippen LogP contribution is -2.15. The molecule has 0 fully saturated rings. The molecular formula is C23H28N4OS2. The van der Waals surface area contributed by atoms with Gasteiger partial charge in [-0.1, -0.05) is 17.8 Å². The number of thiophene rings is 1. The van der Waals surface area contributed by atoms with Crippen molar-refractivity contribution >= 4 is 34.7 Å². The Bertz CT molecular complexity index is 1050. The van der Waals surface area contributed by atoms with Crippen LogP contribution in [0.4, 0.5) is 5.69 Å². The molecule has 1 aliphatic carbocycles. The Kier molecular flexibility index (Phi) is 6.29. The zero-order valence-corrected chi connectivity index (χ0v) is 19.6. The van der Waals surface area contributed by atoms with E-state index in [2.05, 4.69) is 45.4 Å². The molecule has 1 aliphatic rings. The smallest absolute Gasteiger partial charge is 0.234 e. The van der Waals surface area contributed by atoms with Crippen molar-refractivity contribution in [1.29, 1.82) is 0 Å². The van der Waals surface area contributed by atoms with Crippen LogP contribution in [0.1, 0.15) is 54.3 Å². The molecule has 0 aliphatic heterocycles. The van der Waals surface area contributed by atoms with Gasteiger partial charge in [0.05, 0.1) is 5.75 Å². The van der Waals surface area contributed by atoms with Crippen LogP contribution in [0.3, 0.4) is 0 Å². The molecule has 1 N–H and O–H groups in total. The molecule has 0 bridgehead atoms. The van der Waals surface area contributed by atoms with Crippen molar-refractivity contribution in [1.82, 2.24) is 14.8 Å². The maximum Gasteiger partial charge on any atom is 0.234 e. The van der Waals surface area contributed by atoms with Crippen LogP contribution in [-0.4, -0.2) is 26.4 Å². The van der Waals surface area contributed by atoms with Crippen molar-refractivity contribution in [3.8, 4) is 11.4 Å². The predicted molar refractivity (Wildman–Crippen MR) is 126 cm³/mol. The van der Waals surface area contributed by atoms with Crippen molar-refractivity contribution < 1.29 is 4.79 Å². The first-order valence-corrected chi connectivity index (χ1v) is 12.3. The Balaban J connectivity index is 1.51. The number of fused-ring (bicyclic) bond motifs is 1. The summed E-state index contributed by atoms with van der Waals surface area (Å²) >= 11 is 3.29. The zero-order chi connectivity index (χ0) is 21.3. The molecule has 0 atom stereocenters. The molecule has 0 unspecified atom stereocenters. The molecule has 0 saturated heterocycles. The van der Waals surface area contributed by atoms with Gasteiger partial charge in [-0.05, 0) is 82.2 Å². The van der Waals surface area contributed by atoms with Crippen molar-refractivity contribution in [2.75, 3.05) is 11.1 Å². The maximum atomic E-state index is 12.5. The summed E-state index contributed by atoms with van der Waals surface area (Å²) in [7, 11) is 0. The van der Waals surface area contributed by atoms with E-state index in [1.54, 1.807) is 0 Å². The molecule has 1 aromatic carbocycles. The molecular weight excluding hydrogens is 412 g/mol. The Labute approximate surface area is 186 Å². The minimum Gasteiger partial charge on any atom is -0.325 e. The third kappa shape index (κ3) is 4.47. The zero-order valence-electron chi connectivity index (χ0n) is 18.0. The molecule has 5 nitrogen and oxygen atoms in total. The lowest BCUT2D eigenvalue weighted by Gasteiger charge is -2.16. The highest BCUT2D eigenvalue weighted by Crippen LogP contribution is 2.37. The highest BCUT2D eigenvalue weighted by atomic mass is 32.2. The largest absolute Gasteiger partial charge is 0.325 e. The predicted octanol–water partition coefficient (Wildman–Crippen LogP) is 5.81. The SMILES string of the molecule is Cc1cc(C)cc(NC(=O)CSc2nnc(-c3csc4c3CCCC4)n2C(C)C)c1. The summed E-state index contributed by atoms with van der Waals surface area (Å²) in [6, 6.07) is 6.30. The van der Waals surface area contributed by atoms with Gasteiger partial charge in [0.15, 0.2) is 11.0 Å². The number of benzene rings is 1. The van der Waals surface area contributed by atoms with Crippen LogP contribution in [0, 0.1) is 13.8 Å². The van der Waals surface area contributed by atoms with Gasteiger partial charge in [0.2, 0.25) is 5.91 Å². The van der Waals surface area contributed by atoms with Crippen molar-refractivity contribution in [3.63, 3.8) is 0 Å². The van der Waals surface area contributed by atoms with Gasteiger partial charge < -0.3 is 5.32 Å². The maximum absolute atomic E-state index is 12.5. The van der Waals surface area contributed by atoms with E-state index in [-0.39, 0.29) is 11.9 Å². The number of aromatic nitrogens is 3. The number of nitrogens with one attached hydrogen (secondary N) is 1. The molecule has 0 spiro atoms. The van der Waals surface area contributed by atoms with E-state index in [0.29, 0.717) is 5.75 Å². The van der Waals surface area contributed by atoms with E-state index >= 15 is 0 Å². The van der Waals surface area contributed by atoms with Crippen molar-refractivity contribution in [2.24, 2.45) is 0 Å². The number of hydrogen-bond donors (Lipinski definition) is 1. The fraction of sp³-hybridized carbons (Fsp3) is 0.435. The second-order valence-electron chi connectivity index (χ2n) is 8.24. The highest BCUT2D eigenvalue weighted by Gasteiger charge is 2.23. The van der Waals surface area contributed by atoms with Crippen LogP contribution < -0.4 is 5.32 Å². The second-order valence-corrected chi connectivity index (χ2v) is 10.1. The van der Waals surface area contributed by atoms with Crippen LogP contribution in [0.15, 0.2) is 28.7 Å². The van der Waals surface area contributed by atoms with E-state index in [9.17, 15) is 4.79 Å². The second kappa shape index (κ2) is 8.94. The van der Waals surface area contributed by atoms with Crippen molar-refractivity contribution in [3.05, 3.63) is 45.1 Å². The number of rotatable bonds is 6. The first-order valence-electron chi connectivity index (χ1n) is 10.5. The fourth-order valence-corrected chi connectivity index (χ4v) is 6.07. The molecule has 7 heteroatoms. The molecule has 0 radical (unpaired) electrons. The normalized spacial score (nSPS) is 13.5. The molecule has 158 valence electrons. The van der Waals surface area contributed by atoms with Crippen LogP contribution in [0.5, 0.6) is 0 Å². The van der Waals surface area contributed by atoms with Gasteiger partial charge in [0.25, 0.3) is 0 Å². The minimum atomic E-state index is -0.0298. The summed E-state index contributed by atoms with van der Waals surface area (Å²) < 4.78 is 2.17. The molecule has 3 aromatic rings. The Morgan fingerprint density at radius 2 is 1.90 bits per heavy atom. The van der Waals surface area contributed by atoms with Gasteiger partial charge in [0.1, 0.15) is 0 Å². The molecule has 2 aromatic heterocycles. The summed E-state index contributed by atoms with van der Waals surface area (Å²) in [5, 5.41) is 15.0.